The van der Waals surface area contributed by atoms with Crippen LogP contribution in [0.25, 0.3) is 0 Å². The Morgan fingerprint density at radius 3 is 2.25 bits per heavy atom. The molecule has 1 saturated heterocycles. The molecule has 3 aliphatic rings. The molecule has 2 saturated carbocycles. The SMILES string of the molecule is CC(C)CCN1CC2(CCCC2)NCC12CCCCC2. The van der Waals surface area contributed by atoms with Crippen molar-refractivity contribution in [3.05, 3.63) is 0 Å². The van der Waals surface area contributed by atoms with Gasteiger partial charge in [0.2, 0.25) is 0 Å². The Balaban J connectivity index is 1.72. The standard InChI is InChI=1S/C18H34N2/c1-16(2)8-13-20-15-17(9-6-7-10-17)19-14-18(20)11-4-3-5-12-18/h16,19H,3-15H2,1-2H3. The van der Waals surface area contributed by atoms with Crippen LogP contribution in [0, 0.1) is 5.92 Å². The van der Waals surface area contributed by atoms with E-state index in [-0.39, 0.29) is 0 Å². The molecule has 3 fully saturated rings. The van der Waals surface area contributed by atoms with Gasteiger partial charge in [-0.2, -0.15) is 0 Å². The second-order valence-electron chi connectivity index (χ2n) is 8.23. The number of hydrogen-bond donors (Lipinski definition) is 1. The van der Waals surface area contributed by atoms with Gasteiger partial charge in [-0.15, -0.1) is 0 Å². The number of hydrogen-bond acceptors (Lipinski definition) is 2. The molecule has 2 spiro atoms. The van der Waals surface area contributed by atoms with Gasteiger partial charge in [-0.3, -0.25) is 4.90 Å². The Bertz CT molecular complexity index is 311. The maximum Gasteiger partial charge on any atom is 0.0334 e. The lowest BCUT2D eigenvalue weighted by atomic mass is 9.76. The first-order valence-corrected chi connectivity index (χ1v) is 9.14. The molecule has 1 aliphatic heterocycles. The maximum absolute atomic E-state index is 4.03. The van der Waals surface area contributed by atoms with Gasteiger partial charge in [0, 0.05) is 24.2 Å². The van der Waals surface area contributed by atoms with E-state index in [1.165, 1.54) is 83.8 Å². The first-order chi connectivity index (χ1) is 9.64. The summed E-state index contributed by atoms with van der Waals surface area (Å²) in [7, 11) is 0. The topological polar surface area (TPSA) is 15.3 Å². The minimum absolute atomic E-state index is 0.486. The monoisotopic (exact) mass is 278 g/mol. The molecule has 0 bridgehead atoms. The molecular formula is C18H34N2. The number of rotatable bonds is 3. The van der Waals surface area contributed by atoms with Crippen LogP contribution in [0.5, 0.6) is 0 Å². The molecule has 2 nitrogen and oxygen atoms in total. The minimum Gasteiger partial charge on any atom is -0.308 e. The van der Waals surface area contributed by atoms with E-state index in [1.807, 2.05) is 0 Å². The second-order valence-corrected chi connectivity index (χ2v) is 8.23. The summed E-state index contributed by atoms with van der Waals surface area (Å²) < 4.78 is 0. The predicted octanol–water partition coefficient (Wildman–Crippen LogP) is 3.95. The first-order valence-electron chi connectivity index (χ1n) is 9.14. The van der Waals surface area contributed by atoms with Gasteiger partial charge < -0.3 is 5.32 Å². The van der Waals surface area contributed by atoms with E-state index in [9.17, 15) is 0 Å². The average Bonchev–Trinajstić information content (AvgIpc) is 2.90. The zero-order valence-corrected chi connectivity index (χ0v) is 13.7. The second kappa shape index (κ2) is 5.96. The summed E-state index contributed by atoms with van der Waals surface area (Å²) in [6.45, 7) is 8.69. The molecule has 0 aromatic rings. The van der Waals surface area contributed by atoms with Crippen LogP contribution >= 0.6 is 0 Å². The fraction of sp³-hybridized carbons (Fsp3) is 1.00. The molecule has 2 aliphatic carbocycles. The highest BCUT2D eigenvalue weighted by Crippen LogP contribution is 2.41. The number of nitrogens with one attached hydrogen (secondary N) is 1. The van der Waals surface area contributed by atoms with E-state index in [4.69, 9.17) is 0 Å². The molecule has 0 amide bonds. The molecule has 0 aromatic carbocycles. The van der Waals surface area contributed by atoms with Crippen molar-refractivity contribution in [1.29, 1.82) is 0 Å². The van der Waals surface area contributed by atoms with Crippen molar-refractivity contribution in [2.75, 3.05) is 19.6 Å². The van der Waals surface area contributed by atoms with Crippen LogP contribution in [0.15, 0.2) is 0 Å². The van der Waals surface area contributed by atoms with Crippen LogP contribution in [-0.2, 0) is 0 Å². The summed E-state index contributed by atoms with van der Waals surface area (Å²) in [5.74, 6) is 0.838. The predicted molar refractivity (Wildman–Crippen MR) is 86.0 cm³/mol. The van der Waals surface area contributed by atoms with E-state index >= 15 is 0 Å². The van der Waals surface area contributed by atoms with E-state index in [1.54, 1.807) is 0 Å². The van der Waals surface area contributed by atoms with Gasteiger partial charge in [-0.05, 0) is 44.6 Å². The summed E-state index contributed by atoms with van der Waals surface area (Å²) in [5, 5.41) is 4.03. The van der Waals surface area contributed by atoms with Gasteiger partial charge in [0.15, 0.2) is 0 Å². The third-order valence-corrected chi connectivity index (χ3v) is 6.28. The highest BCUT2D eigenvalue weighted by Gasteiger charge is 2.48. The summed E-state index contributed by atoms with van der Waals surface area (Å²) >= 11 is 0. The quantitative estimate of drug-likeness (QED) is 0.841. The Labute approximate surface area is 125 Å². The van der Waals surface area contributed by atoms with Crippen molar-refractivity contribution in [3.8, 4) is 0 Å². The summed E-state index contributed by atoms with van der Waals surface area (Å²) in [6.07, 6.45) is 14.3. The van der Waals surface area contributed by atoms with Crippen LogP contribution < -0.4 is 5.32 Å². The molecule has 2 heteroatoms. The zero-order valence-electron chi connectivity index (χ0n) is 13.7. The van der Waals surface area contributed by atoms with Crippen LogP contribution in [0.3, 0.4) is 0 Å². The van der Waals surface area contributed by atoms with E-state index in [0.717, 1.165) is 5.92 Å². The lowest BCUT2D eigenvalue weighted by Gasteiger charge is -2.56. The van der Waals surface area contributed by atoms with Gasteiger partial charge in [-0.1, -0.05) is 46.0 Å². The normalized spacial score (nSPS) is 29.6. The Morgan fingerprint density at radius 2 is 1.60 bits per heavy atom. The fourth-order valence-corrected chi connectivity index (χ4v) is 4.87. The molecule has 1 heterocycles. The van der Waals surface area contributed by atoms with E-state index in [0.29, 0.717) is 11.1 Å². The van der Waals surface area contributed by atoms with Gasteiger partial charge in [0.25, 0.3) is 0 Å². The minimum atomic E-state index is 0.486. The van der Waals surface area contributed by atoms with Gasteiger partial charge in [0.1, 0.15) is 0 Å². The summed E-state index contributed by atoms with van der Waals surface area (Å²) in [6, 6.07) is 0. The summed E-state index contributed by atoms with van der Waals surface area (Å²) in [4.78, 5) is 2.94. The van der Waals surface area contributed by atoms with Crippen molar-refractivity contribution < 1.29 is 0 Å². The smallest absolute Gasteiger partial charge is 0.0334 e. The van der Waals surface area contributed by atoms with Crippen molar-refractivity contribution in [1.82, 2.24) is 10.2 Å². The Kier molecular flexibility index (Phi) is 4.42. The van der Waals surface area contributed by atoms with Crippen molar-refractivity contribution in [3.63, 3.8) is 0 Å². The summed E-state index contributed by atoms with van der Waals surface area (Å²) in [5.41, 5.74) is 1.00. The lowest BCUT2D eigenvalue weighted by molar-refractivity contribution is -0.0201. The fourth-order valence-electron chi connectivity index (χ4n) is 4.87. The molecule has 0 aromatic heterocycles. The largest absolute Gasteiger partial charge is 0.308 e. The van der Waals surface area contributed by atoms with Crippen LogP contribution in [0.2, 0.25) is 0 Å². The molecule has 116 valence electrons. The van der Waals surface area contributed by atoms with Gasteiger partial charge in [0.05, 0.1) is 0 Å². The first kappa shape index (κ1) is 14.8. The van der Waals surface area contributed by atoms with Crippen LogP contribution in [0.4, 0.5) is 0 Å². The lowest BCUT2D eigenvalue weighted by Crippen LogP contribution is -2.69. The number of piperazine rings is 1. The Hall–Kier alpha value is -0.0800. The molecule has 0 radical (unpaired) electrons. The molecule has 1 N–H and O–H groups in total. The van der Waals surface area contributed by atoms with Gasteiger partial charge in [-0.25, -0.2) is 0 Å². The molecular weight excluding hydrogens is 244 g/mol. The molecule has 20 heavy (non-hydrogen) atoms. The van der Waals surface area contributed by atoms with E-state index < -0.39 is 0 Å². The maximum atomic E-state index is 4.03. The van der Waals surface area contributed by atoms with Crippen molar-refractivity contribution >= 4 is 0 Å². The third kappa shape index (κ3) is 2.92. The number of nitrogens with zero attached hydrogens (tertiary/aromatic N) is 1. The van der Waals surface area contributed by atoms with Crippen molar-refractivity contribution in [2.24, 2.45) is 5.92 Å². The zero-order chi connectivity index (χ0) is 14.1. The molecule has 3 rings (SSSR count). The van der Waals surface area contributed by atoms with Gasteiger partial charge >= 0.3 is 0 Å². The third-order valence-electron chi connectivity index (χ3n) is 6.28. The van der Waals surface area contributed by atoms with Crippen LogP contribution in [0.1, 0.15) is 78.1 Å². The highest BCUT2D eigenvalue weighted by atomic mass is 15.3. The molecule has 0 unspecified atom stereocenters. The molecule has 0 atom stereocenters. The van der Waals surface area contributed by atoms with Crippen molar-refractivity contribution in [2.45, 2.75) is 89.1 Å². The Morgan fingerprint density at radius 1 is 0.950 bits per heavy atom. The van der Waals surface area contributed by atoms with Crippen LogP contribution in [-0.4, -0.2) is 35.6 Å². The highest BCUT2D eigenvalue weighted by molar-refractivity contribution is 5.07. The average molecular weight is 278 g/mol. The van der Waals surface area contributed by atoms with E-state index in [2.05, 4.69) is 24.1 Å².